The van der Waals surface area contributed by atoms with Crippen LogP contribution in [-0.2, 0) is 13.6 Å². The molecule has 28 heavy (non-hydrogen) atoms. The number of aryl methyl sites for hydroxylation is 2. The summed E-state index contributed by atoms with van der Waals surface area (Å²) in [5.41, 5.74) is 6.07. The average Bonchev–Trinajstić information content (AvgIpc) is 3.42. The number of piperazine rings is 1. The number of rotatable bonds is 4. The van der Waals surface area contributed by atoms with Crippen LogP contribution in [0.5, 0.6) is 0 Å². The summed E-state index contributed by atoms with van der Waals surface area (Å²) in [5, 5.41) is 4.28. The number of anilines is 1. The van der Waals surface area contributed by atoms with Gasteiger partial charge in [0.25, 0.3) is 0 Å². The van der Waals surface area contributed by atoms with E-state index < -0.39 is 0 Å². The molecule has 0 amide bonds. The summed E-state index contributed by atoms with van der Waals surface area (Å²) in [6.45, 7) is 6.98. The molecule has 0 saturated carbocycles. The molecule has 0 aromatic carbocycles. The Hall–Kier alpha value is -2.78. The van der Waals surface area contributed by atoms with Gasteiger partial charge in [0.2, 0.25) is 0 Å². The number of imidazole rings is 1. The monoisotopic (exact) mass is 394 g/mol. The number of fused-ring (bicyclic) bond motifs is 1. The Morgan fingerprint density at radius 2 is 1.93 bits per heavy atom. The van der Waals surface area contributed by atoms with Crippen LogP contribution in [0.1, 0.15) is 10.6 Å². The Kier molecular flexibility index (Phi) is 4.33. The second-order valence-electron chi connectivity index (χ2n) is 7.11. The maximum atomic E-state index is 4.67. The molecule has 5 heterocycles. The molecule has 4 aromatic rings. The van der Waals surface area contributed by atoms with Gasteiger partial charge >= 0.3 is 0 Å². The van der Waals surface area contributed by atoms with Crippen LogP contribution in [0.3, 0.4) is 0 Å². The molecule has 0 spiro atoms. The first-order chi connectivity index (χ1) is 13.7. The smallest absolute Gasteiger partial charge is 0.180 e. The molecule has 0 unspecified atom stereocenters. The first-order valence-corrected chi connectivity index (χ1v) is 10.2. The van der Waals surface area contributed by atoms with Crippen molar-refractivity contribution in [2.24, 2.45) is 7.05 Å². The lowest BCUT2D eigenvalue weighted by Gasteiger charge is -2.35. The Morgan fingerprint density at radius 1 is 1.07 bits per heavy atom. The van der Waals surface area contributed by atoms with Crippen LogP contribution in [0, 0.1) is 6.92 Å². The number of nitrogens with zero attached hydrogens (tertiary/aromatic N) is 8. The number of hydrogen-bond donors (Lipinski definition) is 0. The van der Waals surface area contributed by atoms with Crippen LogP contribution in [0.4, 0.5) is 5.82 Å². The van der Waals surface area contributed by atoms with Crippen LogP contribution in [0.15, 0.2) is 36.5 Å². The van der Waals surface area contributed by atoms with Crippen LogP contribution in [-0.4, -0.2) is 60.2 Å². The largest absolute Gasteiger partial charge is 0.351 e. The molecule has 144 valence electrons. The number of aromatic nitrogens is 6. The van der Waals surface area contributed by atoms with E-state index in [1.165, 1.54) is 4.88 Å². The zero-order chi connectivity index (χ0) is 19.1. The van der Waals surface area contributed by atoms with Gasteiger partial charge in [-0.1, -0.05) is 0 Å². The Balaban J connectivity index is 1.36. The van der Waals surface area contributed by atoms with E-state index in [2.05, 4.69) is 41.2 Å². The van der Waals surface area contributed by atoms with Crippen LogP contribution < -0.4 is 4.90 Å². The van der Waals surface area contributed by atoms with E-state index in [4.69, 9.17) is 0 Å². The Bertz CT molecular complexity index is 1100. The molecular formula is C19H22N8S. The first-order valence-electron chi connectivity index (χ1n) is 9.36. The van der Waals surface area contributed by atoms with E-state index in [1.54, 1.807) is 16.0 Å². The normalized spacial score (nSPS) is 15.6. The van der Waals surface area contributed by atoms with E-state index in [-0.39, 0.29) is 0 Å². The highest BCUT2D eigenvalue weighted by atomic mass is 32.1. The lowest BCUT2D eigenvalue weighted by atomic mass is 10.2. The third-order valence-electron chi connectivity index (χ3n) is 5.29. The van der Waals surface area contributed by atoms with Crippen molar-refractivity contribution in [2.45, 2.75) is 13.5 Å². The van der Waals surface area contributed by atoms with E-state index in [0.29, 0.717) is 0 Å². The Labute approximate surface area is 167 Å². The van der Waals surface area contributed by atoms with Gasteiger partial charge in [-0.25, -0.2) is 15.0 Å². The van der Waals surface area contributed by atoms with Crippen molar-refractivity contribution >= 4 is 22.8 Å². The average molecular weight is 395 g/mol. The van der Waals surface area contributed by atoms with Gasteiger partial charge in [-0.2, -0.15) is 5.10 Å². The molecule has 0 N–H and O–H groups in total. The summed E-state index contributed by atoms with van der Waals surface area (Å²) in [6.07, 6.45) is 9.60. The zero-order valence-corrected chi connectivity index (χ0v) is 16.8. The van der Waals surface area contributed by atoms with Crippen LogP contribution in [0.25, 0.3) is 16.9 Å². The lowest BCUT2D eigenvalue weighted by Crippen LogP contribution is -2.46. The summed E-state index contributed by atoms with van der Waals surface area (Å²) < 4.78 is 3.91. The summed E-state index contributed by atoms with van der Waals surface area (Å²) in [4.78, 5) is 19.9. The minimum atomic E-state index is 0.896. The second-order valence-corrected chi connectivity index (χ2v) is 8.05. The molecule has 1 fully saturated rings. The first kappa shape index (κ1) is 17.3. The van der Waals surface area contributed by atoms with E-state index in [0.717, 1.165) is 61.1 Å². The third kappa shape index (κ3) is 3.06. The predicted octanol–water partition coefficient (Wildman–Crippen LogP) is 2.22. The van der Waals surface area contributed by atoms with Crippen molar-refractivity contribution in [3.05, 3.63) is 47.1 Å². The van der Waals surface area contributed by atoms with Gasteiger partial charge in [0.15, 0.2) is 11.5 Å². The third-order valence-corrected chi connectivity index (χ3v) is 6.21. The molecule has 5 rings (SSSR count). The molecule has 4 aromatic heterocycles. The van der Waals surface area contributed by atoms with Gasteiger partial charge in [-0.15, -0.1) is 11.3 Å². The van der Waals surface area contributed by atoms with Crippen molar-refractivity contribution in [1.29, 1.82) is 0 Å². The van der Waals surface area contributed by atoms with Gasteiger partial charge in [0, 0.05) is 68.8 Å². The van der Waals surface area contributed by atoms with Crippen LogP contribution >= 0.6 is 11.3 Å². The maximum absolute atomic E-state index is 4.67. The molecule has 9 heteroatoms. The highest BCUT2D eigenvalue weighted by molar-refractivity contribution is 7.09. The minimum absolute atomic E-state index is 0.896. The van der Waals surface area contributed by atoms with E-state index in [9.17, 15) is 0 Å². The van der Waals surface area contributed by atoms with Gasteiger partial charge in [-0.05, 0) is 6.92 Å². The summed E-state index contributed by atoms with van der Waals surface area (Å²) >= 11 is 1.75. The fraction of sp³-hybridized carbons (Fsp3) is 0.368. The SMILES string of the molecule is Cc1ncsc1CN1CCN(c2nccn3c(-c4cnn(C)c4)cnc23)CC1. The van der Waals surface area contributed by atoms with Gasteiger partial charge in [0.1, 0.15) is 0 Å². The molecular weight excluding hydrogens is 372 g/mol. The van der Waals surface area contributed by atoms with E-state index >= 15 is 0 Å². The quantitative estimate of drug-likeness (QED) is 0.529. The molecule has 0 aliphatic carbocycles. The standard InChI is InChI=1S/C19H22N8S/c1-14-17(28-13-22-14)12-25-5-7-26(8-6-25)18-19-21-10-16(27(19)4-3-20-18)15-9-23-24(2)11-15/h3-4,9-11,13H,5-8,12H2,1-2H3. The fourth-order valence-corrected chi connectivity index (χ4v) is 4.51. The molecule has 1 aliphatic rings. The molecule has 0 bridgehead atoms. The second kappa shape index (κ2) is 6.99. The molecule has 0 radical (unpaired) electrons. The van der Waals surface area contributed by atoms with Crippen molar-refractivity contribution in [3.63, 3.8) is 0 Å². The summed E-state index contributed by atoms with van der Waals surface area (Å²) in [6, 6.07) is 0. The molecule has 0 atom stereocenters. The molecule has 8 nitrogen and oxygen atoms in total. The molecule has 1 saturated heterocycles. The zero-order valence-electron chi connectivity index (χ0n) is 16.0. The highest BCUT2D eigenvalue weighted by Crippen LogP contribution is 2.26. The van der Waals surface area contributed by atoms with Crippen molar-refractivity contribution in [2.75, 3.05) is 31.1 Å². The van der Waals surface area contributed by atoms with Crippen molar-refractivity contribution in [3.8, 4) is 11.3 Å². The minimum Gasteiger partial charge on any atom is -0.351 e. The maximum Gasteiger partial charge on any atom is 0.180 e. The fourth-order valence-electron chi connectivity index (χ4n) is 3.69. The summed E-state index contributed by atoms with van der Waals surface area (Å²) in [5.74, 6) is 0.950. The molecule has 1 aliphatic heterocycles. The number of hydrogen-bond acceptors (Lipinski definition) is 7. The van der Waals surface area contributed by atoms with E-state index in [1.807, 2.05) is 43.5 Å². The lowest BCUT2D eigenvalue weighted by molar-refractivity contribution is 0.251. The summed E-state index contributed by atoms with van der Waals surface area (Å²) in [7, 11) is 1.92. The van der Waals surface area contributed by atoms with Gasteiger partial charge < -0.3 is 4.90 Å². The Morgan fingerprint density at radius 3 is 2.64 bits per heavy atom. The van der Waals surface area contributed by atoms with Gasteiger partial charge in [0.05, 0.1) is 29.3 Å². The van der Waals surface area contributed by atoms with Crippen molar-refractivity contribution in [1.82, 2.24) is 34.0 Å². The highest BCUT2D eigenvalue weighted by Gasteiger charge is 2.22. The number of thiazole rings is 1. The predicted molar refractivity (Wildman–Crippen MR) is 110 cm³/mol. The van der Waals surface area contributed by atoms with Crippen LogP contribution in [0.2, 0.25) is 0 Å². The van der Waals surface area contributed by atoms with Gasteiger partial charge in [-0.3, -0.25) is 14.0 Å². The van der Waals surface area contributed by atoms with Crippen molar-refractivity contribution < 1.29 is 0 Å². The topological polar surface area (TPSA) is 67.4 Å².